The number of methoxy groups -OCH3 is 1. The van der Waals surface area contributed by atoms with Gasteiger partial charge in [0.05, 0.1) is 18.5 Å². The summed E-state index contributed by atoms with van der Waals surface area (Å²) < 4.78 is 20.6. The van der Waals surface area contributed by atoms with Crippen LogP contribution in [0.1, 0.15) is 56.5 Å². The Morgan fingerprint density at radius 3 is 2.67 bits per heavy atom. The van der Waals surface area contributed by atoms with Crippen molar-refractivity contribution in [3.63, 3.8) is 0 Å². The van der Waals surface area contributed by atoms with Gasteiger partial charge in [-0.2, -0.15) is 0 Å². The maximum atomic E-state index is 11.5. The van der Waals surface area contributed by atoms with E-state index >= 15 is 0 Å². The van der Waals surface area contributed by atoms with Crippen LogP contribution >= 0.6 is 0 Å². The Hall–Kier alpha value is -1.33. The summed E-state index contributed by atoms with van der Waals surface area (Å²) >= 11 is 0. The van der Waals surface area contributed by atoms with E-state index < -0.39 is 5.97 Å². The summed E-state index contributed by atoms with van der Waals surface area (Å²) in [4.78, 5) is 11.5. The molecular weight excluding hydrogens is 272 g/mol. The fourth-order valence-electron chi connectivity index (χ4n) is 1.93. The van der Waals surface area contributed by atoms with Gasteiger partial charge in [0.2, 0.25) is 5.76 Å². The molecule has 0 aliphatic heterocycles. The van der Waals surface area contributed by atoms with Crippen LogP contribution in [-0.4, -0.2) is 32.1 Å². The molecule has 0 amide bonds. The largest absolute Gasteiger partial charge is 0.460 e. The first kappa shape index (κ1) is 17.7. The zero-order valence-electron chi connectivity index (χ0n) is 13.2. The van der Waals surface area contributed by atoms with Gasteiger partial charge >= 0.3 is 5.97 Å². The van der Waals surface area contributed by atoms with Crippen LogP contribution in [0.4, 0.5) is 0 Å². The predicted molar refractivity (Wildman–Crippen MR) is 79.1 cm³/mol. The lowest BCUT2D eigenvalue weighted by atomic mass is 10.00. The number of furan rings is 1. The number of rotatable bonds is 11. The first-order chi connectivity index (χ1) is 10.0. The van der Waals surface area contributed by atoms with Crippen molar-refractivity contribution < 1.29 is 23.4 Å². The number of unbranched alkanes of at least 4 members (excludes halogenated alkanes) is 3. The molecule has 1 heterocycles. The van der Waals surface area contributed by atoms with Gasteiger partial charge in [0.1, 0.15) is 6.79 Å². The van der Waals surface area contributed by atoms with Crippen molar-refractivity contribution in [2.24, 2.45) is 0 Å². The number of esters is 1. The first-order valence-electron chi connectivity index (χ1n) is 7.39. The third kappa shape index (κ3) is 7.87. The van der Waals surface area contributed by atoms with Crippen molar-refractivity contribution >= 4 is 5.97 Å². The maximum absolute atomic E-state index is 11.5. The van der Waals surface area contributed by atoms with Crippen LogP contribution in [0.5, 0.6) is 0 Å². The van der Waals surface area contributed by atoms with Crippen LogP contribution < -0.4 is 0 Å². The molecule has 120 valence electrons. The van der Waals surface area contributed by atoms with Crippen LogP contribution in [0.15, 0.2) is 22.8 Å². The van der Waals surface area contributed by atoms with E-state index in [1.54, 1.807) is 19.2 Å². The number of hydrogen-bond acceptors (Lipinski definition) is 5. The molecule has 0 N–H and O–H groups in total. The van der Waals surface area contributed by atoms with Crippen molar-refractivity contribution in [2.75, 3.05) is 20.5 Å². The molecule has 1 rings (SSSR count). The molecule has 0 aliphatic carbocycles. The summed E-state index contributed by atoms with van der Waals surface area (Å²) in [5.41, 5.74) is -0.151. The molecule has 0 radical (unpaired) electrons. The van der Waals surface area contributed by atoms with Crippen LogP contribution in [0.2, 0.25) is 0 Å². The zero-order valence-corrected chi connectivity index (χ0v) is 13.2. The lowest BCUT2D eigenvalue weighted by molar-refractivity contribution is -0.117. The monoisotopic (exact) mass is 298 g/mol. The van der Waals surface area contributed by atoms with Gasteiger partial charge < -0.3 is 18.6 Å². The Morgan fingerprint density at radius 2 is 2.00 bits per heavy atom. The third-order valence-electron chi connectivity index (χ3n) is 3.20. The molecular formula is C16H26O5. The Kier molecular flexibility index (Phi) is 8.08. The number of carbonyl (C=O) groups excluding carboxylic acids is 1. The highest BCUT2D eigenvalue weighted by Gasteiger charge is 2.17. The third-order valence-corrected chi connectivity index (χ3v) is 3.20. The van der Waals surface area contributed by atoms with E-state index in [0.717, 1.165) is 32.1 Å². The van der Waals surface area contributed by atoms with E-state index in [4.69, 9.17) is 18.6 Å². The SMILES string of the molecule is COCOC(C)(C)CCCCCCOC(=O)c1ccco1. The van der Waals surface area contributed by atoms with Gasteiger partial charge in [0.15, 0.2) is 0 Å². The Morgan fingerprint density at radius 1 is 1.24 bits per heavy atom. The fraction of sp³-hybridized carbons (Fsp3) is 0.688. The lowest BCUT2D eigenvalue weighted by Crippen LogP contribution is -2.25. The quantitative estimate of drug-likeness (QED) is 0.353. The summed E-state index contributed by atoms with van der Waals surface area (Å²) in [7, 11) is 1.63. The van der Waals surface area contributed by atoms with Gasteiger partial charge in [-0.1, -0.05) is 19.3 Å². The van der Waals surface area contributed by atoms with Gasteiger partial charge in [-0.3, -0.25) is 0 Å². The number of hydrogen-bond donors (Lipinski definition) is 0. The summed E-state index contributed by atoms with van der Waals surface area (Å²) in [6.45, 7) is 4.90. The molecule has 0 bridgehead atoms. The van der Waals surface area contributed by atoms with Gasteiger partial charge in [-0.15, -0.1) is 0 Å². The van der Waals surface area contributed by atoms with E-state index in [-0.39, 0.29) is 11.4 Å². The molecule has 5 nitrogen and oxygen atoms in total. The van der Waals surface area contributed by atoms with Crippen LogP contribution in [0.3, 0.4) is 0 Å². The normalized spacial score (nSPS) is 11.6. The second kappa shape index (κ2) is 9.58. The fourth-order valence-corrected chi connectivity index (χ4v) is 1.93. The average Bonchev–Trinajstić information content (AvgIpc) is 2.98. The maximum Gasteiger partial charge on any atom is 0.374 e. The smallest absolute Gasteiger partial charge is 0.374 e. The van der Waals surface area contributed by atoms with E-state index in [1.165, 1.54) is 6.26 Å². The molecule has 1 aromatic rings. The number of ether oxygens (including phenoxy) is 3. The molecule has 0 fully saturated rings. The average molecular weight is 298 g/mol. The predicted octanol–water partition coefficient (Wildman–Crippen LogP) is 3.79. The van der Waals surface area contributed by atoms with Gasteiger partial charge in [0.25, 0.3) is 0 Å². The van der Waals surface area contributed by atoms with Gasteiger partial charge in [-0.25, -0.2) is 4.79 Å². The van der Waals surface area contributed by atoms with E-state index in [1.807, 2.05) is 0 Å². The molecule has 0 spiro atoms. The van der Waals surface area contributed by atoms with Crippen LogP contribution in [0, 0.1) is 0 Å². The molecule has 0 saturated heterocycles. The Bertz CT molecular complexity index is 383. The molecule has 0 aromatic carbocycles. The first-order valence-corrected chi connectivity index (χ1v) is 7.39. The minimum atomic E-state index is -0.394. The summed E-state index contributed by atoms with van der Waals surface area (Å²) in [6.07, 6.45) is 6.53. The van der Waals surface area contributed by atoms with Crippen LogP contribution in [0.25, 0.3) is 0 Å². The zero-order chi connectivity index (χ0) is 15.6. The second-order valence-corrected chi connectivity index (χ2v) is 5.59. The van der Waals surface area contributed by atoms with Gasteiger partial charge in [-0.05, 0) is 38.8 Å². The van der Waals surface area contributed by atoms with E-state index in [9.17, 15) is 4.79 Å². The van der Waals surface area contributed by atoms with Crippen molar-refractivity contribution in [3.05, 3.63) is 24.2 Å². The standard InChI is InChI=1S/C16H26O5/c1-16(2,21-13-18-3)10-6-4-5-7-11-20-15(17)14-9-8-12-19-14/h8-9,12H,4-7,10-11,13H2,1-3H3. The second-order valence-electron chi connectivity index (χ2n) is 5.59. The van der Waals surface area contributed by atoms with Crippen molar-refractivity contribution in [1.82, 2.24) is 0 Å². The lowest BCUT2D eigenvalue weighted by Gasteiger charge is -2.24. The van der Waals surface area contributed by atoms with Crippen molar-refractivity contribution in [1.29, 1.82) is 0 Å². The van der Waals surface area contributed by atoms with Crippen molar-refractivity contribution in [2.45, 2.75) is 51.6 Å². The van der Waals surface area contributed by atoms with Crippen molar-refractivity contribution in [3.8, 4) is 0 Å². The molecule has 5 heteroatoms. The van der Waals surface area contributed by atoms with E-state index in [2.05, 4.69) is 13.8 Å². The Balaban J connectivity index is 1.98. The highest BCUT2D eigenvalue weighted by Crippen LogP contribution is 2.18. The van der Waals surface area contributed by atoms with E-state index in [0.29, 0.717) is 13.4 Å². The summed E-state index contributed by atoms with van der Waals surface area (Å²) in [5.74, 6) is -0.138. The highest BCUT2D eigenvalue weighted by molar-refractivity contribution is 5.86. The highest BCUT2D eigenvalue weighted by atomic mass is 16.7. The molecule has 0 aliphatic rings. The summed E-state index contributed by atoms with van der Waals surface area (Å²) in [6, 6.07) is 3.27. The van der Waals surface area contributed by atoms with Crippen LogP contribution in [-0.2, 0) is 14.2 Å². The molecule has 0 unspecified atom stereocenters. The summed E-state index contributed by atoms with van der Waals surface area (Å²) in [5, 5.41) is 0. The molecule has 0 atom stereocenters. The van der Waals surface area contributed by atoms with Gasteiger partial charge in [0, 0.05) is 7.11 Å². The number of carbonyl (C=O) groups is 1. The topological polar surface area (TPSA) is 57.9 Å². The molecule has 21 heavy (non-hydrogen) atoms. The Labute approximate surface area is 126 Å². The minimum Gasteiger partial charge on any atom is -0.460 e. The molecule has 1 aromatic heterocycles. The minimum absolute atomic E-state index is 0.151. The molecule has 0 saturated carbocycles.